The van der Waals surface area contributed by atoms with E-state index in [9.17, 15) is 4.79 Å². The van der Waals surface area contributed by atoms with Crippen LogP contribution in [0.15, 0.2) is 29.7 Å². The van der Waals surface area contributed by atoms with Crippen molar-refractivity contribution < 1.29 is 4.79 Å². The molecule has 1 N–H and O–H groups in total. The third-order valence-electron chi connectivity index (χ3n) is 3.36. The molecule has 0 unspecified atom stereocenters. The van der Waals surface area contributed by atoms with Gasteiger partial charge in [-0.15, -0.1) is 10.2 Å². The molecule has 0 aliphatic heterocycles. The highest BCUT2D eigenvalue weighted by atomic mass is 32.2. The van der Waals surface area contributed by atoms with E-state index in [2.05, 4.69) is 16.3 Å². The number of nitrogens with one attached hydrogen (secondary N) is 1. The average molecular weight is 327 g/mol. The van der Waals surface area contributed by atoms with Crippen LogP contribution in [0.5, 0.6) is 0 Å². The van der Waals surface area contributed by atoms with E-state index < -0.39 is 5.92 Å². The molecular formula is C16H17N5OS. The van der Waals surface area contributed by atoms with Gasteiger partial charge in [0.05, 0.1) is 17.5 Å². The summed E-state index contributed by atoms with van der Waals surface area (Å²) in [6, 6.07) is 7.92. The lowest BCUT2D eigenvalue weighted by atomic mass is 10.0. The van der Waals surface area contributed by atoms with Crippen LogP contribution in [0, 0.1) is 36.5 Å². The van der Waals surface area contributed by atoms with Gasteiger partial charge < -0.3 is 5.41 Å². The summed E-state index contributed by atoms with van der Waals surface area (Å²) < 4.78 is 1.82. The first-order chi connectivity index (χ1) is 10.9. The minimum Gasteiger partial charge on any atom is -0.308 e. The Morgan fingerprint density at radius 3 is 2.83 bits per heavy atom. The second-order valence-corrected chi connectivity index (χ2v) is 6.22. The monoisotopic (exact) mass is 327 g/mol. The summed E-state index contributed by atoms with van der Waals surface area (Å²) in [6.07, 6.45) is 1.61. The lowest BCUT2D eigenvalue weighted by molar-refractivity contribution is -0.117. The summed E-state index contributed by atoms with van der Waals surface area (Å²) in [5.74, 6) is -1.20. The summed E-state index contributed by atoms with van der Waals surface area (Å²) >= 11 is 1.22. The molecule has 1 heterocycles. The molecule has 1 atom stereocenters. The Morgan fingerprint density at radius 1 is 1.48 bits per heavy atom. The number of thioether (sulfide) groups is 1. The number of carbonyl (C=O) groups is 1. The van der Waals surface area contributed by atoms with Crippen LogP contribution in [0.25, 0.3) is 5.69 Å². The van der Waals surface area contributed by atoms with E-state index in [0.29, 0.717) is 5.16 Å². The maximum Gasteiger partial charge on any atom is 0.196 e. The molecule has 1 aromatic carbocycles. The molecule has 0 saturated heterocycles. The fourth-order valence-electron chi connectivity index (χ4n) is 2.19. The zero-order valence-corrected chi connectivity index (χ0v) is 14.0. The van der Waals surface area contributed by atoms with Gasteiger partial charge >= 0.3 is 0 Å². The lowest BCUT2D eigenvalue weighted by Crippen LogP contribution is -2.21. The number of nitrogens with zero attached hydrogens (tertiary/aromatic N) is 4. The first kappa shape index (κ1) is 16.9. The minimum atomic E-state index is -0.986. The first-order valence-corrected chi connectivity index (χ1v) is 8.00. The van der Waals surface area contributed by atoms with Gasteiger partial charge in [-0.1, -0.05) is 29.5 Å². The van der Waals surface area contributed by atoms with Crippen LogP contribution in [-0.4, -0.2) is 32.0 Å². The Hall–Kier alpha value is -2.46. The van der Waals surface area contributed by atoms with Crippen molar-refractivity contribution in [3.05, 3.63) is 35.7 Å². The maximum atomic E-state index is 12.0. The molecule has 0 spiro atoms. The summed E-state index contributed by atoms with van der Waals surface area (Å²) in [5, 5.41) is 25.0. The van der Waals surface area contributed by atoms with Crippen LogP contribution in [0.4, 0.5) is 0 Å². The zero-order chi connectivity index (χ0) is 17.0. The molecular weight excluding hydrogens is 310 g/mol. The predicted molar refractivity (Wildman–Crippen MR) is 89.1 cm³/mol. The Morgan fingerprint density at radius 2 is 2.22 bits per heavy atom. The van der Waals surface area contributed by atoms with Crippen molar-refractivity contribution in [3.8, 4) is 11.8 Å². The highest BCUT2D eigenvalue weighted by molar-refractivity contribution is 7.99. The van der Waals surface area contributed by atoms with Gasteiger partial charge in [-0.2, -0.15) is 5.26 Å². The van der Waals surface area contributed by atoms with E-state index in [0.717, 1.165) is 11.3 Å². The average Bonchev–Trinajstić information content (AvgIpc) is 2.93. The summed E-state index contributed by atoms with van der Waals surface area (Å²) in [5.41, 5.74) is 3.27. The number of aryl methyl sites for hydroxylation is 2. The predicted octanol–water partition coefficient (Wildman–Crippen LogP) is 2.72. The quantitative estimate of drug-likeness (QED) is 0.650. The standard InChI is InChI=1S/C16H17N5OS/c1-10-4-5-14(11(2)6-10)21-9-19-20-16(21)23-8-15(22)13(7-17)12(3)18/h4-6,9,13,18H,8H2,1-3H3/t13-/m0/s1. The van der Waals surface area contributed by atoms with Gasteiger partial charge in [0, 0.05) is 5.71 Å². The van der Waals surface area contributed by atoms with Gasteiger partial charge in [0.15, 0.2) is 10.9 Å². The molecule has 2 aromatic rings. The molecule has 0 bridgehead atoms. The molecule has 118 valence electrons. The van der Waals surface area contributed by atoms with Crippen LogP contribution >= 0.6 is 11.8 Å². The second-order valence-electron chi connectivity index (χ2n) is 5.27. The fraction of sp³-hybridized carbons (Fsp3) is 0.312. The fourth-order valence-corrected chi connectivity index (χ4v) is 3.02. The highest BCUT2D eigenvalue weighted by Gasteiger charge is 2.21. The van der Waals surface area contributed by atoms with Crippen LogP contribution < -0.4 is 0 Å². The molecule has 0 amide bonds. The number of carbonyl (C=O) groups excluding carboxylic acids is 1. The SMILES string of the molecule is CC(=N)[C@H](C#N)C(=O)CSc1nncn1-c1ccc(C)cc1C. The largest absolute Gasteiger partial charge is 0.308 e. The van der Waals surface area contributed by atoms with E-state index in [-0.39, 0.29) is 17.2 Å². The highest BCUT2D eigenvalue weighted by Crippen LogP contribution is 2.23. The number of nitriles is 1. The van der Waals surface area contributed by atoms with Gasteiger partial charge in [-0.25, -0.2) is 0 Å². The Kier molecular flexibility index (Phi) is 5.29. The molecule has 0 aliphatic carbocycles. The molecule has 6 nitrogen and oxygen atoms in total. The van der Waals surface area contributed by atoms with E-state index in [1.54, 1.807) is 6.33 Å². The Labute approximate surface area is 139 Å². The van der Waals surface area contributed by atoms with Crippen molar-refractivity contribution in [2.75, 3.05) is 5.75 Å². The van der Waals surface area contributed by atoms with Gasteiger partial charge in [-0.3, -0.25) is 9.36 Å². The maximum absolute atomic E-state index is 12.0. The molecule has 0 fully saturated rings. The smallest absolute Gasteiger partial charge is 0.196 e. The summed E-state index contributed by atoms with van der Waals surface area (Å²) in [6.45, 7) is 5.50. The number of Topliss-reactive ketones (excluding diaryl/α,β-unsaturated/α-hetero) is 1. The van der Waals surface area contributed by atoms with Crippen molar-refractivity contribution in [2.45, 2.75) is 25.9 Å². The van der Waals surface area contributed by atoms with Crippen LogP contribution in [-0.2, 0) is 4.79 Å². The van der Waals surface area contributed by atoms with Crippen molar-refractivity contribution in [1.82, 2.24) is 14.8 Å². The van der Waals surface area contributed by atoms with E-state index in [1.165, 1.54) is 24.2 Å². The number of hydrogen-bond donors (Lipinski definition) is 1. The molecule has 23 heavy (non-hydrogen) atoms. The third-order valence-corrected chi connectivity index (χ3v) is 4.32. The normalized spacial score (nSPS) is 11.7. The van der Waals surface area contributed by atoms with E-state index in [4.69, 9.17) is 10.7 Å². The Bertz CT molecular complexity index is 790. The van der Waals surface area contributed by atoms with Crippen molar-refractivity contribution in [1.29, 1.82) is 10.7 Å². The number of hydrogen-bond acceptors (Lipinski definition) is 6. The zero-order valence-electron chi connectivity index (χ0n) is 13.2. The van der Waals surface area contributed by atoms with Gasteiger partial charge in [0.25, 0.3) is 0 Å². The minimum absolute atomic E-state index is 0.0638. The molecule has 2 rings (SSSR count). The molecule has 0 aliphatic rings. The van der Waals surface area contributed by atoms with Gasteiger partial charge in [0.2, 0.25) is 0 Å². The number of ketones is 1. The molecule has 7 heteroatoms. The molecule has 0 radical (unpaired) electrons. The van der Waals surface area contributed by atoms with Crippen LogP contribution in [0.3, 0.4) is 0 Å². The van der Waals surface area contributed by atoms with Gasteiger partial charge in [-0.05, 0) is 32.4 Å². The third kappa shape index (κ3) is 3.85. The molecule has 0 saturated carbocycles. The second kappa shape index (κ2) is 7.20. The Balaban J connectivity index is 2.18. The summed E-state index contributed by atoms with van der Waals surface area (Å²) in [7, 11) is 0. The molecule has 1 aromatic heterocycles. The van der Waals surface area contributed by atoms with Gasteiger partial charge in [0.1, 0.15) is 12.2 Å². The summed E-state index contributed by atoms with van der Waals surface area (Å²) in [4.78, 5) is 12.0. The van der Waals surface area contributed by atoms with E-state index >= 15 is 0 Å². The number of rotatable bonds is 6. The first-order valence-electron chi connectivity index (χ1n) is 7.02. The van der Waals surface area contributed by atoms with Crippen molar-refractivity contribution >= 4 is 23.3 Å². The van der Waals surface area contributed by atoms with Crippen molar-refractivity contribution in [3.63, 3.8) is 0 Å². The van der Waals surface area contributed by atoms with Crippen LogP contribution in [0.2, 0.25) is 0 Å². The van der Waals surface area contributed by atoms with E-state index in [1.807, 2.05) is 36.6 Å². The lowest BCUT2D eigenvalue weighted by Gasteiger charge is -2.10. The number of benzene rings is 1. The van der Waals surface area contributed by atoms with Crippen molar-refractivity contribution in [2.24, 2.45) is 5.92 Å². The number of aromatic nitrogens is 3. The topological polar surface area (TPSA) is 95.4 Å². The van der Waals surface area contributed by atoms with Crippen LogP contribution in [0.1, 0.15) is 18.1 Å².